The maximum absolute atomic E-state index is 12.3. The zero-order valence-electron chi connectivity index (χ0n) is 12.7. The van der Waals surface area contributed by atoms with E-state index >= 15 is 0 Å². The summed E-state index contributed by atoms with van der Waals surface area (Å²) in [5, 5.41) is 11.9. The first-order valence-corrected chi connectivity index (χ1v) is 8.45. The van der Waals surface area contributed by atoms with E-state index in [9.17, 15) is 14.7 Å². The number of fused-ring (bicyclic) bond motifs is 1. The van der Waals surface area contributed by atoms with Crippen molar-refractivity contribution in [3.8, 4) is 0 Å². The molecular formula is C16H23NO3S. The molecule has 1 unspecified atom stereocenters. The van der Waals surface area contributed by atoms with E-state index in [4.69, 9.17) is 0 Å². The molecule has 0 spiro atoms. The maximum atomic E-state index is 12.3. The number of carboxylic acids is 1. The van der Waals surface area contributed by atoms with Crippen molar-refractivity contribution >= 4 is 23.2 Å². The summed E-state index contributed by atoms with van der Waals surface area (Å²) < 4.78 is 0. The van der Waals surface area contributed by atoms with Crippen LogP contribution in [0.2, 0.25) is 0 Å². The highest BCUT2D eigenvalue weighted by Gasteiger charge is 2.33. The molecule has 1 amide bonds. The van der Waals surface area contributed by atoms with E-state index in [1.165, 1.54) is 47.5 Å². The molecule has 0 fully saturated rings. The zero-order valence-corrected chi connectivity index (χ0v) is 13.5. The standard InChI is InChI=1S/C16H23NO3S/c1-3-16(2,15(19)20)17-14(18)13-10-11-8-6-4-5-7-9-12(11)21-13/h10H,3-9H2,1-2H3,(H,17,18)(H,19,20). The van der Waals surface area contributed by atoms with Crippen LogP contribution in [0.3, 0.4) is 0 Å². The molecule has 0 saturated heterocycles. The number of carbonyl (C=O) groups excluding carboxylic acids is 1. The first-order valence-electron chi connectivity index (χ1n) is 7.64. The van der Waals surface area contributed by atoms with Gasteiger partial charge < -0.3 is 10.4 Å². The minimum absolute atomic E-state index is 0.265. The Kier molecular flexibility index (Phi) is 5.04. The van der Waals surface area contributed by atoms with Gasteiger partial charge in [-0.2, -0.15) is 0 Å². The second kappa shape index (κ2) is 6.60. The minimum Gasteiger partial charge on any atom is -0.480 e. The smallest absolute Gasteiger partial charge is 0.329 e. The minimum atomic E-state index is -1.20. The van der Waals surface area contributed by atoms with Crippen molar-refractivity contribution in [3.05, 3.63) is 21.4 Å². The van der Waals surface area contributed by atoms with Gasteiger partial charge >= 0.3 is 5.97 Å². The van der Waals surface area contributed by atoms with Gasteiger partial charge in [0.05, 0.1) is 4.88 Å². The number of carbonyl (C=O) groups is 2. The highest BCUT2D eigenvalue weighted by molar-refractivity contribution is 7.14. The third-order valence-electron chi connectivity index (χ3n) is 4.29. The average Bonchev–Trinajstić information content (AvgIpc) is 2.81. The molecule has 21 heavy (non-hydrogen) atoms. The van der Waals surface area contributed by atoms with Crippen LogP contribution in [0.15, 0.2) is 6.07 Å². The van der Waals surface area contributed by atoms with Crippen LogP contribution < -0.4 is 5.32 Å². The predicted molar refractivity (Wildman–Crippen MR) is 84.0 cm³/mol. The van der Waals surface area contributed by atoms with Crippen LogP contribution in [-0.4, -0.2) is 22.5 Å². The van der Waals surface area contributed by atoms with Crippen LogP contribution in [0.5, 0.6) is 0 Å². The monoisotopic (exact) mass is 309 g/mol. The lowest BCUT2D eigenvalue weighted by molar-refractivity contribution is -0.143. The molecule has 0 bridgehead atoms. The molecule has 1 heterocycles. The van der Waals surface area contributed by atoms with Crippen LogP contribution in [0.1, 0.15) is 66.1 Å². The van der Waals surface area contributed by atoms with Gasteiger partial charge in [-0.15, -0.1) is 11.3 Å². The van der Waals surface area contributed by atoms with Crippen molar-refractivity contribution in [1.82, 2.24) is 5.32 Å². The number of amides is 1. The largest absolute Gasteiger partial charge is 0.480 e. The lowest BCUT2D eigenvalue weighted by atomic mass is 9.98. The van der Waals surface area contributed by atoms with Gasteiger partial charge in [0, 0.05) is 4.88 Å². The van der Waals surface area contributed by atoms with Crippen LogP contribution >= 0.6 is 11.3 Å². The summed E-state index contributed by atoms with van der Waals surface area (Å²) in [7, 11) is 0. The highest BCUT2D eigenvalue weighted by atomic mass is 32.1. The molecule has 5 heteroatoms. The number of aryl methyl sites for hydroxylation is 2. The molecule has 1 aliphatic rings. The maximum Gasteiger partial charge on any atom is 0.329 e. The van der Waals surface area contributed by atoms with Crippen molar-refractivity contribution in [3.63, 3.8) is 0 Å². The van der Waals surface area contributed by atoms with Crippen LogP contribution in [0.4, 0.5) is 0 Å². The van der Waals surface area contributed by atoms with Gasteiger partial charge in [0.2, 0.25) is 0 Å². The van der Waals surface area contributed by atoms with E-state index in [-0.39, 0.29) is 5.91 Å². The molecule has 4 nitrogen and oxygen atoms in total. The molecule has 0 aromatic carbocycles. The zero-order chi connectivity index (χ0) is 15.5. The molecule has 1 aromatic rings. The fraction of sp³-hybridized carbons (Fsp3) is 0.625. The van der Waals surface area contributed by atoms with Gasteiger partial charge in [-0.05, 0) is 50.7 Å². The van der Waals surface area contributed by atoms with E-state index < -0.39 is 11.5 Å². The quantitative estimate of drug-likeness (QED) is 0.896. The summed E-state index contributed by atoms with van der Waals surface area (Å²) in [4.78, 5) is 25.6. The van der Waals surface area contributed by atoms with E-state index in [0.29, 0.717) is 11.3 Å². The number of thiophene rings is 1. The molecule has 2 rings (SSSR count). The van der Waals surface area contributed by atoms with E-state index in [1.807, 2.05) is 6.07 Å². The van der Waals surface area contributed by atoms with Gasteiger partial charge in [-0.1, -0.05) is 19.8 Å². The second-order valence-corrected chi connectivity index (χ2v) is 7.05. The van der Waals surface area contributed by atoms with Crippen molar-refractivity contribution < 1.29 is 14.7 Å². The Hall–Kier alpha value is -1.36. The Labute approximate surface area is 129 Å². The number of hydrogen-bond donors (Lipinski definition) is 2. The lowest BCUT2D eigenvalue weighted by Crippen LogP contribution is -2.51. The summed E-state index contributed by atoms with van der Waals surface area (Å²) in [5.41, 5.74) is 0.0772. The molecular weight excluding hydrogens is 286 g/mol. The fourth-order valence-corrected chi connectivity index (χ4v) is 3.71. The van der Waals surface area contributed by atoms with Crippen LogP contribution in [-0.2, 0) is 17.6 Å². The van der Waals surface area contributed by atoms with Gasteiger partial charge in [0.25, 0.3) is 5.91 Å². The summed E-state index contributed by atoms with van der Waals surface area (Å²) in [5.74, 6) is -1.26. The van der Waals surface area contributed by atoms with Crippen molar-refractivity contribution in [2.45, 2.75) is 64.3 Å². The van der Waals surface area contributed by atoms with Crippen molar-refractivity contribution in [2.75, 3.05) is 0 Å². The number of nitrogens with one attached hydrogen (secondary N) is 1. The van der Waals surface area contributed by atoms with Gasteiger partial charge in [-0.3, -0.25) is 4.79 Å². The van der Waals surface area contributed by atoms with Gasteiger partial charge in [-0.25, -0.2) is 4.79 Å². The highest BCUT2D eigenvalue weighted by Crippen LogP contribution is 2.28. The van der Waals surface area contributed by atoms with Gasteiger partial charge in [0.1, 0.15) is 5.54 Å². The van der Waals surface area contributed by atoms with Crippen molar-refractivity contribution in [2.24, 2.45) is 0 Å². The Morgan fingerprint density at radius 3 is 2.57 bits per heavy atom. The Morgan fingerprint density at radius 2 is 1.95 bits per heavy atom. The number of carboxylic acid groups (broad SMARTS) is 1. The molecule has 0 saturated carbocycles. The molecule has 116 valence electrons. The normalized spacial score (nSPS) is 18.0. The van der Waals surface area contributed by atoms with E-state index in [1.54, 1.807) is 13.8 Å². The summed E-state index contributed by atoms with van der Waals surface area (Å²) in [6, 6.07) is 1.96. The average molecular weight is 309 g/mol. The third-order valence-corrected chi connectivity index (χ3v) is 5.52. The molecule has 2 N–H and O–H groups in total. The van der Waals surface area contributed by atoms with E-state index in [0.717, 1.165) is 12.8 Å². The number of rotatable bonds is 4. The van der Waals surface area contributed by atoms with Crippen molar-refractivity contribution in [1.29, 1.82) is 0 Å². The van der Waals surface area contributed by atoms with E-state index in [2.05, 4.69) is 5.32 Å². The summed E-state index contributed by atoms with van der Waals surface area (Å²) in [6.07, 6.45) is 7.29. The summed E-state index contributed by atoms with van der Waals surface area (Å²) in [6.45, 7) is 3.32. The Balaban J connectivity index is 2.16. The third kappa shape index (κ3) is 3.64. The van der Waals surface area contributed by atoms with Gasteiger partial charge in [0.15, 0.2) is 0 Å². The SMILES string of the molecule is CCC(C)(NC(=O)c1cc2c(s1)CCCCCC2)C(=O)O. The first-order chi connectivity index (χ1) is 9.96. The summed E-state index contributed by atoms with van der Waals surface area (Å²) >= 11 is 1.52. The topological polar surface area (TPSA) is 66.4 Å². The second-order valence-electron chi connectivity index (χ2n) is 5.92. The lowest BCUT2D eigenvalue weighted by Gasteiger charge is -2.24. The molecule has 1 aromatic heterocycles. The Bertz CT molecular complexity index is 512. The van der Waals surface area contributed by atoms with Crippen LogP contribution in [0.25, 0.3) is 0 Å². The predicted octanol–water partition coefficient (Wildman–Crippen LogP) is 3.39. The molecule has 0 radical (unpaired) electrons. The number of aliphatic carboxylic acids is 1. The Morgan fingerprint density at radius 1 is 1.29 bits per heavy atom. The molecule has 0 aliphatic heterocycles. The van der Waals surface area contributed by atoms with Crippen LogP contribution in [0, 0.1) is 0 Å². The molecule has 1 atom stereocenters. The number of hydrogen-bond acceptors (Lipinski definition) is 3. The fourth-order valence-electron chi connectivity index (χ4n) is 2.56. The molecule has 1 aliphatic carbocycles. The first kappa shape index (κ1) is 16.0.